The minimum atomic E-state index is -0.165. The molecular formula is C15H14INO2. The maximum atomic E-state index is 12.2. The molecule has 2 aromatic carbocycles. The number of nitrogens with one attached hydrogen (secondary N) is 1. The highest BCUT2D eigenvalue weighted by atomic mass is 127. The Morgan fingerprint density at radius 1 is 1.16 bits per heavy atom. The molecule has 0 atom stereocenters. The van der Waals surface area contributed by atoms with E-state index in [1.165, 1.54) is 0 Å². The molecule has 0 aliphatic rings. The predicted molar refractivity (Wildman–Crippen MR) is 84.8 cm³/mol. The third-order valence-electron chi connectivity index (χ3n) is 2.76. The molecular weight excluding hydrogens is 353 g/mol. The summed E-state index contributed by atoms with van der Waals surface area (Å²) in [5.41, 5.74) is 2.26. The van der Waals surface area contributed by atoms with Gasteiger partial charge >= 0.3 is 0 Å². The average molecular weight is 367 g/mol. The van der Waals surface area contributed by atoms with E-state index >= 15 is 0 Å². The van der Waals surface area contributed by atoms with Crippen molar-refractivity contribution < 1.29 is 9.53 Å². The van der Waals surface area contributed by atoms with Gasteiger partial charge in [-0.1, -0.05) is 12.1 Å². The molecule has 0 bridgehead atoms. The third-order valence-corrected chi connectivity index (χ3v) is 3.48. The molecule has 19 heavy (non-hydrogen) atoms. The predicted octanol–water partition coefficient (Wildman–Crippen LogP) is 3.86. The first-order valence-electron chi connectivity index (χ1n) is 5.82. The molecule has 0 aliphatic heterocycles. The second-order valence-corrected chi connectivity index (χ2v) is 5.36. The summed E-state index contributed by atoms with van der Waals surface area (Å²) in [5.74, 6) is 0.451. The Labute approximate surface area is 126 Å². The van der Waals surface area contributed by atoms with E-state index in [2.05, 4.69) is 27.9 Å². The van der Waals surface area contributed by atoms with Crippen LogP contribution in [0.25, 0.3) is 0 Å². The van der Waals surface area contributed by atoms with Gasteiger partial charge in [0.1, 0.15) is 5.75 Å². The molecule has 0 aliphatic carbocycles. The first-order valence-corrected chi connectivity index (χ1v) is 6.90. The van der Waals surface area contributed by atoms with E-state index in [4.69, 9.17) is 4.74 Å². The van der Waals surface area contributed by atoms with Crippen molar-refractivity contribution in [2.24, 2.45) is 0 Å². The van der Waals surface area contributed by atoms with Crippen molar-refractivity contribution in [1.29, 1.82) is 0 Å². The SMILES string of the molecule is COc1c(C)cccc1C(=O)Nc1ccc(I)cc1. The van der Waals surface area contributed by atoms with Gasteiger partial charge in [0.2, 0.25) is 0 Å². The number of methoxy groups -OCH3 is 1. The number of ether oxygens (including phenoxy) is 1. The fourth-order valence-electron chi connectivity index (χ4n) is 1.83. The molecule has 0 heterocycles. The Hall–Kier alpha value is -1.56. The van der Waals surface area contributed by atoms with E-state index in [9.17, 15) is 4.79 Å². The number of rotatable bonds is 3. The highest BCUT2D eigenvalue weighted by Gasteiger charge is 2.13. The number of aryl methyl sites for hydroxylation is 1. The lowest BCUT2D eigenvalue weighted by atomic mass is 10.1. The summed E-state index contributed by atoms with van der Waals surface area (Å²) in [5, 5.41) is 2.87. The number of hydrogen-bond donors (Lipinski definition) is 1. The Balaban J connectivity index is 2.25. The van der Waals surface area contributed by atoms with Crippen LogP contribution in [0, 0.1) is 10.5 Å². The molecule has 4 heteroatoms. The fraction of sp³-hybridized carbons (Fsp3) is 0.133. The van der Waals surface area contributed by atoms with Crippen LogP contribution < -0.4 is 10.1 Å². The maximum absolute atomic E-state index is 12.2. The Bertz CT molecular complexity index is 594. The smallest absolute Gasteiger partial charge is 0.259 e. The van der Waals surface area contributed by atoms with E-state index in [1.54, 1.807) is 13.2 Å². The van der Waals surface area contributed by atoms with Crippen LogP contribution in [0.2, 0.25) is 0 Å². The van der Waals surface area contributed by atoms with Gasteiger partial charge in [-0.3, -0.25) is 4.79 Å². The van der Waals surface area contributed by atoms with Gasteiger partial charge in [-0.15, -0.1) is 0 Å². The van der Waals surface area contributed by atoms with Crippen LogP contribution in [0.15, 0.2) is 42.5 Å². The first-order chi connectivity index (χ1) is 9.11. The summed E-state index contributed by atoms with van der Waals surface area (Å²) in [7, 11) is 1.57. The maximum Gasteiger partial charge on any atom is 0.259 e. The highest BCUT2D eigenvalue weighted by molar-refractivity contribution is 14.1. The van der Waals surface area contributed by atoms with Crippen molar-refractivity contribution in [3.63, 3.8) is 0 Å². The average Bonchev–Trinajstić information content (AvgIpc) is 2.41. The van der Waals surface area contributed by atoms with E-state index in [-0.39, 0.29) is 5.91 Å². The summed E-state index contributed by atoms with van der Waals surface area (Å²) < 4.78 is 6.42. The zero-order valence-electron chi connectivity index (χ0n) is 10.7. The molecule has 3 nitrogen and oxygen atoms in total. The number of para-hydroxylation sites is 1. The van der Waals surface area contributed by atoms with Crippen LogP contribution in [0.5, 0.6) is 5.75 Å². The molecule has 0 spiro atoms. The van der Waals surface area contributed by atoms with Gasteiger partial charge in [0.05, 0.1) is 12.7 Å². The topological polar surface area (TPSA) is 38.3 Å². The second-order valence-electron chi connectivity index (χ2n) is 4.12. The molecule has 2 aromatic rings. The standard InChI is InChI=1S/C15H14INO2/c1-10-4-3-5-13(14(10)19-2)15(18)17-12-8-6-11(16)7-9-12/h3-9H,1-2H3,(H,17,18). The van der Waals surface area contributed by atoms with E-state index < -0.39 is 0 Å². The number of amides is 1. The number of benzene rings is 2. The van der Waals surface area contributed by atoms with Gasteiger partial charge in [0, 0.05) is 9.26 Å². The Morgan fingerprint density at radius 3 is 2.47 bits per heavy atom. The number of anilines is 1. The minimum Gasteiger partial charge on any atom is -0.496 e. The largest absolute Gasteiger partial charge is 0.496 e. The zero-order valence-corrected chi connectivity index (χ0v) is 12.9. The molecule has 0 radical (unpaired) electrons. The Morgan fingerprint density at radius 2 is 1.84 bits per heavy atom. The summed E-state index contributed by atoms with van der Waals surface area (Å²) in [6, 6.07) is 13.2. The van der Waals surface area contributed by atoms with Crippen LogP contribution in [0.1, 0.15) is 15.9 Å². The number of hydrogen-bond acceptors (Lipinski definition) is 2. The summed E-state index contributed by atoms with van der Waals surface area (Å²) in [6.07, 6.45) is 0. The van der Waals surface area contributed by atoms with Crippen molar-refractivity contribution in [2.45, 2.75) is 6.92 Å². The monoisotopic (exact) mass is 367 g/mol. The van der Waals surface area contributed by atoms with Gasteiger partial charge in [-0.25, -0.2) is 0 Å². The molecule has 0 unspecified atom stereocenters. The molecule has 98 valence electrons. The van der Waals surface area contributed by atoms with Gasteiger partial charge in [0.15, 0.2) is 0 Å². The van der Waals surface area contributed by atoms with Gasteiger partial charge in [-0.05, 0) is 65.4 Å². The first kappa shape index (κ1) is 13.9. The van der Waals surface area contributed by atoms with Gasteiger partial charge in [-0.2, -0.15) is 0 Å². The number of carbonyl (C=O) groups excluding carboxylic acids is 1. The zero-order chi connectivity index (χ0) is 13.8. The van der Waals surface area contributed by atoms with Crippen LogP contribution in [0.4, 0.5) is 5.69 Å². The lowest BCUT2D eigenvalue weighted by molar-refractivity contribution is 0.102. The lowest BCUT2D eigenvalue weighted by Gasteiger charge is -2.11. The molecule has 1 amide bonds. The van der Waals surface area contributed by atoms with Crippen LogP contribution >= 0.6 is 22.6 Å². The highest BCUT2D eigenvalue weighted by Crippen LogP contribution is 2.24. The summed E-state index contributed by atoms with van der Waals surface area (Å²) >= 11 is 2.22. The van der Waals surface area contributed by atoms with Crippen molar-refractivity contribution in [2.75, 3.05) is 12.4 Å². The quantitative estimate of drug-likeness (QED) is 0.837. The van der Waals surface area contributed by atoms with Gasteiger partial charge < -0.3 is 10.1 Å². The van der Waals surface area contributed by atoms with Crippen LogP contribution in [-0.2, 0) is 0 Å². The van der Waals surface area contributed by atoms with Crippen LogP contribution in [0.3, 0.4) is 0 Å². The molecule has 0 aromatic heterocycles. The molecule has 1 N–H and O–H groups in total. The van der Waals surface area contributed by atoms with Crippen LogP contribution in [-0.4, -0.2) is 13.0 Å². The molecule has 0 saturated carbocycles. The van der Waals surface area contributed by atoms with E-state index in [1.807, 2.05) is 43.3 Å². The van der Waals surface area contributed by atoms with Crippen molar-refractivity contribution in [1.82, 2.24) is 0 Å². The van der Waals surface area contributed by atoms with Gasteiger partial charge in [0.25, 0.3) is 5.91 Å². The van der Waals surface area contributed by atoms with Crippen molar-refractivity contribution in [3.05, 3.63) is 57.2 Å². The molecule has 0 fully saturated rings. The molecule has 2 rings (SSSR count). The number of carbonyl (C=O) groups is 1. The Kier molecular flexibility index (Phi) is 4.42. The van der Waals surface area contributed by atoms with E-state index in [0.29, 0.717) is 11.3 Å². The third kappa shape index (κ3) is 3.26. The summed E-state index contributed by atoms with van der Waals surface area (Å²) in [4.78, 5) is 12.2. The normalized spacial score (nSPS) is 10.1. The number of halogens is 1. The summed E-state index contributed by atoms with van der Waals surface area (Å²) in [6.45, 7) is 1.92. The molecule has 0 saturated heterocycles. The fourth-order valence-corrected chi connectivity index (χ4v) is 2.19. The second kappa shape index (κ2) is 6.06. The lowest BCUT2D eigenvalue weighted by Crippen LogP contribution is -2.13. The minimum absolute atomic E-state index is 0.165. The van der Waals surface area contributed by atoms with Crippen molar-refractivity contribution in [3.8, 4) is 5.75 Å². The van der Waals surface area contributed by atoms with E-state index in [0.717, 1.165) is 14.8 Å². The van der Waals surface area contributed by atoms with Crippen molar-refractivity contribution >= 4 is 34.2 Å².